The third-order valence-corrected chi connectivity index (χ3v) is 4.25. The highest BCUT2D eigenvalue weighted by molar-refractivity contribution is 7.88. The van der Waals surface area contributed by atoms with Crippen molar-refractivity contribution in [2.45, 2.75) is 17.6 Å². The number of allylic oxidation sites excluding steroid dienone is 1. The van der Waals surface area contributed by atoms with Gasteiger partial charge in [0.25, 0.3) is 10.1 Å². The topological polar surface area (TPSA) is 121 Å². The van der Waals surface area contributed by atoms with Gasteiger partial charge in [-0.25, -0.2) is 0 Å². The summed E-state index contributed by atoms with van der Waals surface area (Å²) in [6.07, 6.45) is 0.825. The van der Waals surface area contributed by atoms with Gasteiger partial charge in [-0.15, -0.1) is 0 Å². The summed E-state index contributed by atoms with van der Waals surface area (Å²) in [7, 11) is -4.78. The van der Waals surface area contributed by atoms with Crippen LogP contribution in [0.2, 0.25) is 0 Å². The molecular formula is C7H9ClN2O4S. The molecule has 4 N–H and O–H groups in total. The number of hydrogen-bond donors (Lipinski definition) is 3. The Morgan fingerprint density at radius 1 is 1.67 bits per heavy atom. The van der Waals surface area contributed by atoms with Crippen LogP contribution in [0.5, 0.6) is 0 Å². The summed E-state index contributed by atoms with van der Waals surface area (Å²) in [5, 5.41) is 6.97. The van der Waals surface area contributed by atoms with Crippen LogP contribution in [0.15, 0.2) is 11.1 Å². The second-order valence-corrected chi connectivity index (χ2v) is 5.26. The smallest absolute Gasteiger partial charge is 0.285 e. The van der Waals surface area contributed by atoms with Crippen LogP contribution in [-0.2, 0) is 14.9 Å². The number of primary amides is 1. The molecule has 0 fully saturated rings. The van der Waals surface area contributed by atoms with Crippen molar-refractivity contribution in [2.75, 3.05) is 0 Å². The third kappa shape index (κ3) is 1.77. The maximum atomic E-state index is 11.1. The minimum absolute atomic E-state index is 0.0316. The molecule has 1 rings (SSSR count). The maximum absolute atomic E-state index is 11.1. The summed E-state index contributed by atoms with van der Waals surface area (Å²) in [6, 6.07) is 0. The number of rotatable bonds is 2. The minimum Gasteiger partial charge on any atom is -0.368 e. The van der Waals surface area contributed by atoms with E-state index in [4.69, 9.17) is 27.3 Å². The van der Waals surface area contributed by atoms with Gasteiger partial charge in [0.15, 0.2) is 0 Å². The lowest BCUT2D eigenvalue weighted by Crippen LogP contribution is -2.53. The van der Waals surface area contributed by atoms with Gasteiger partial charge in [-0.2, -0.15) is 8.42 Å². The van der Waals surface area contributed by atoms with Crippen LogP contribution in [0.3, 0.4) is 0 Å². The first-order valence-corrected chi connectivity index (χ1v) is 5.73. The van der Waals surface area contributed by atoms with Gasteiger partial charge < -0.3 is 11.1 Å². The zero-order valence-corrected chi connectivity index (χ0v) is 9.10. The molecule has 0 spiro atoms. The molecular weight excluding hydrogens is 244 g/mol. The van der Waals surface area contributed by atoms with Crippen LogP contribution in [-0.4, -0.2) is 29.3 Å². The Balaban J connectivity index is 3.48. The van der Waals surface area contributed by atoms with Crippen LogP contribution >= 0.6 is 11.6 Å². The molecule has 0 heterocycles. The standard InChI is InChI=1S/C7H9ClN2O4S/c8-5-2-1-4(9)3-7(5,6(10)11)15(12,13)14/h2,9H,1,3H2,(H2,10,11)(H,12,13,14). The van der Waals surface area contributed by atoms with Gasteiger partial charge in [-0.1, -0.05) is 17.7 Å². The first-order chi connectivity index (χ1) is 6.72. The van der Waals surface area contributed by atoms with Gasteiger partial charge in [0.1, 0.15) is 0 Å². The summed E-state index contributed by atoms with van der Waals surface area (Å²) < 4.78 is 28.9. The highest BCUT2D eigenvalue weighted by atomic mass is 35.5. The summed E-state index contributed by atoms with van der Waals surface area (Å²) in [5.74, 6) is -1.28. The van der Waals surface area contributed by atoms with E-state index in [-0.39, 0.29) is 17.2 Å². The maximum Gasteiger partial charge on any atom is 0.285 e. The largest absolute Gasteiger partial charge is 0.368 e. The number of amides is 1. The van der Waals surface area contributed by atoms with Gasteiger partial charge >= 0.3 is 0 Å². The van der Waals surface area contributed by atoms with E-state index in [1.807, 2.05) is 0 Å². The molecule has 0 saturated heterocycles. The molecule has 0 radical (unpaired) electrons. The van der Waals surface area contributed by atoms with Crippen molar-refractivity contribution >= 4 is 33.3 Å². The molecule has 8 heteroatoms. The normalized spacial score (nSPS) is 27.3. The summed E-state index contributed by atoms with van der Waals surface area (Å²) >= 11 is 5.61. The quantitative estimate of drug-likeness (QED) is 0.600. The highest BCUT2D eigenvalue weighted by Gasteiger charge is 2.53. The lowest BCUT2D eigenvalue weighted by molar-refractivity contribution is -0.119. The number of nitrogens with one attached hydrogen (secondary N) is 1. The predicted octanol–water partition coefficient (Wildman–Crippen LogP) is 0.0346. The van der Waals surface area contributed by atoms with Crippen molar-refractivity contribution in [3.8, 4) is 0 Å². The molecule has 1 unspecified atom stereocenters. The second-order valence-electron chi connectivity index (χ2n) is 3.20. The molecule has 0 aromatic carbocycles. The van der Waals surface area contributed by atoms with Crippen molar-refractivity contribution in [1.29, 1.82) is 5.41 Å². The van der Waals surface area contributed by atoms with E-state index in [2.05, 4.69) is 0 Å². The van der Waals surface area contributed by atoms with Crippen molar-refractivity contribution < 1.29 is 17.8 Å². The van der Waals surface area contributed by atoms with E-state index in [0.717, 1.165) is 0 Å². The van der Waals surface area contributed by atoms with E-state index in [1.165, 1.54) is 6.08 Å². The van der Waals surface area contributed by atoms with Crippen LogP contribution in [0.25, 0.3) is 0 Å². The van der Waals surface area contributed by atoms with E-state index >= 15 is 0 Å². The molecule has 1 atom stereocenters. The van der Waals surface area contributed by atoms with Gasteiger partial charge in [0, 0.05) is 23.6 Å². The fourth-order valence-corrected chi connectivity index (χ4v) is 2.85. The Morgan fingerprint density at radius 2 is 2.20 bits per heavy atom. The zero-order chi connectivity index (χ0) is 11.9. The van der Waals surface area contributed by atoms with Crippen molar-refractivity contribution in [2.24, 2.45) is 5.73 Å². The van der Waals surface area contributed by atoms with Crippen LogP contribution in [0.1, 0.15) is 12.8 Å². The summed E-state index contributed by atoms with van der Waals surface area (Å²) in [4.78, 5) is 11.1. The molecule has 0 saturated carbocycles. The van der Waals surface area contributed by atoms with E-state index < -0.39 is 27.2 Å². The molecule has 0 aromatic heterocycles. The van der Waals surface area contributed by atoms with Crippen LogP contribution in [0.4, 0.5) is 0 Å². The first kappa shape index (κ1) is 12.2. The van der Waals surface area contributed by atoms with Crippen molar-refractivity contribution in [3.63, 3.8) is 0 Å². The zero-order valence-electron chi connectivity index (χ0n) is 7.53. The van der Waals surface area contributed by atoms with Crippen molar-refractivity contribution in [3.05, 3.63) is 11.1 Å². The molecule has 0 aliphatic heterocycles. The van der Waals surface area contributed by atoms with Gasteiger partial charge in [-0.3, -0.25) is 9.35 Å². The lowest BCUT2D eigenvalue weighted by atomic mass is 9.92. The second kappa shape index (κ2) is 3.58. The Labute approximate surface area is 91.4 Å². The molecule has 15 heavy (non-hydrogen) atoms. The molecule has 1 amide bonds. The number of nitrogens with two attached hydrogens (primary N) is 1. The van der Waals surface area contributed by atoms with E-state index in [1.54, 1.807) is 0 Å². The Bertz CT molecular complexity index is 456. The predicted molar refractivity (Wildman–Crippen MR) is 54.4 cm³/mol. The third-order valence-electron chi connectivity index (χ3n) is 2.21. The van der Waals surface area contributed by atoms with Gasteiger partial charge in [-0.05, 0) is 0 Å². The summed E-state index contributed by atoms with van der Waals surface area (Å²) in [6.45, 7) is 0. The van der Waals surface area contributed by atoms with Crippen LogP contribution in [0, 0.1) is 5.41 Å². The minimum atomic E-state index is -4.78. The molecule has 1 aliphatic rings. The van der Waals surface area contributed by atoms with Crippen molar-refractivity contribution in [1.82, 2.24) is 0 Å². The molecule has 0 aromatic rings. The number of halogens is 1. The number of hydrogen-bond acceptors (Lipinski definition) is 4. The van der Waals surface area contributed by atoms with Gasteiger partial charge in [0.2, 0.25) is 10.7 Å². The summed E-state index contributed by atoms with van der Waals surface area (Å²) in [5.41, 5.74) is 4.91. The number of carbonyl (C=O) groups excluding carboxylic acids is 1. The van der Waals surface area contributed by atoms with Crippen LogP contribution < -0.4 is 5.73 Å². The van der Waals surface area contributed by atoms with E-state index in [9.17, 15) is 13.2 Å². The fraction of sp³-hybridized carbons (Fsp3) is 0.429. The SMILES string of the molecule is N=C1CC=C(Cl)C(C(N)=O)(S(=O)(=O)O)C1. The van der Waals surface area contributed by atoms with E-state index in [0.29, 0.717) is 0 Å². The lowest BCUT2D eigenvalue weighted by Gasteiger charge is -2.29. The highest BCUT2D eigenvalue weighted by Crippen LogP contribution is 2.36. The average Bonchev–Trinajstić information content (AvgIpc) is 2.06. The fourth-order valence-electron chi connectivity index (χ4n) is 1.38. The molecule has 0 bridgehead atoms. The monoisotopic (exact) mass is 252 g/mol. The molecule has 84 valence electrons. The average molecular weight is 253 g/mol. The number of carbonyl (C=O) groups is 1. The Morgan fingerprint density at radius 3 is 2.53 bits per heavy atom. The molecule has 1 aliphatic carbocycles. The van der Waals surface area contributed by atoms with Gasteiger partial charge in [0.05, 0.1) is 0 Å². The first-order valence-electron chi connectivity index (χ1n) is 3.91. The Hall–Kier alpha value is -0.920. The molecule has 6 nitrogen and oxygen atoms in total. The Kier molecular flexibility index (Phi) is 2.90.